The van der Waals surface area contributed by atoms with Crippen molar-refractivity contribution in [2.75, 3.05) is 0 Å². The van der Waals surface area contributed by atoms with E-state index in [0.29, 0.717) is 5.76 Å². The maximum Gasteiger partial charge on any atom is 0.164 e. The summed E-state index contributed by atoms with van der Waals surface area (Å²) in [5.74, 6) is 0.989. The van der Waals surface area contributed by atoms with Gasteiger partial charge in [-0.05, 0) is 55.4 Å². The summed E-state index contributed by atoms with van der Waals surface area (Å²) in [4.78, 5) is 21.6. The van der Waals surface area contributed by atoms with E-state index in [1.807, 2.05) is 71.9 Å². The van der Waals surface area contributed by atoms with Gasteiger partial charge in [-0.3, -0.25) is 9.78 Å². The minimum Gasteiger partial charge on any atom is -0.512 e. The molecule has 0 saturated heterocycles. The summed E-state index contributed by atoms with van der Waals surface area (Å²) in [7, 11) is 0. The summed E-state index contributed by atoms with van der Waals surface area (Å²) in [5.41, 5.74) is 5.58. The smallest absolute Gasteiger partial charge is 0.164 e. The maximum atomic E-state index is 12.2. The quantitative estimate of drug-likeness (QED) is 0.0885. The number of carbonyl (C=O) groups is 1. The summed E-state index contributed by atoms with van der Waals surface area (Å²) in [6, 6.07) is 23.8. The summed E-state index contributed by atoms with van der Waals surface area (Å²) < 4.78 is 11.6. The van der Waals surface area contributed by atoms with Crippen molar-refractivity contribution < 1.29 is 38.8 Å². The molecule has 265 valence electrons. The van der Waals surface area contributed by atoms with E-state index in [1.165, 1.54) is 17.0 Å². The zero-order chi connectivity index (χ0) is 35.6. The van der Waals surface area contributed by atoms with E-state index in [2.05, 4.69) is 62.2 Å². The van der Waals surface area contributed by atoms with E-state index in [-0.39, 0.29) is 47.9 Å². The third kappa shape index (κ3) is 7.80. The second-order valence-corrected chi connectivity index (χ2v) is 14.5. The van der Waals surface area contributed by atoms with Gasteiger partial charge >= 0.3 is 0 Å². The fraction of sp³-hybridized carbons (Fsp3) is 0.372. The molecule has 4 heterocycles. The van der Waals surface area contributed by atoms with Gasteiger partial charge in [-0.1, -0.05) is 91.5 Å². The number of pyridine rings is 2. The zero-order valence-electron chi connectivity index (χ0n) is 30.7. The number of ketones is 1. The molecule has 0 bridgehead atoms. The molecule has 0 aliphatic heterocycles. The van der Waals surface area contributed by atoms with Crippen LogP contribution in [-0.2, 0) is 30.3 Å². The van der Waals surface area contributed by atoms with Gasteiger partial charge in [0.15, 0.2) is 17.1 Å². The average molecular weight is 850 g/mol. The molecule has 50 heavy (non-hydrogen) atoms. The molecule has 0 aliphatic rings. The maximum absolute atomic E-state index is 12.2. The van der Waals surface area contributed by atoms with Gasteiger partial charge < -0.3 is 13.9 Å². The Morgan fingerprint density at radius 2 is 1.52 bits per heavy atom. The number of aliphatic hydroxyl groups excluding tert-OH is 1. The Hall–Kier alpha value is -4.06. The Morgan fingerprint density at radius 3 is 2.18 bits per heavy atom. The number of aromatic nitrogens is 2. The molecule has 0 fully saturated rings. The van der Waals surface area contributed by atoms with Crippen molar-refractivity contribution in [1.82, 2.24) is 9.97 Å². The third-order valence-corrected chi connectivity index (χ3v) is 10.4. The Kier molecular flexibility index (Phi) is 12.0. The van der Waals surface area contributed by atoms with Gasteiger partial charge in [-0.2, -0.15) is 0 Å². The van der Waals surface area contributed by atoms with E-state index >= 15 is 0 Å². The Morgan fingerprint density at radius 1 is 0.840 bits per heavy atom. The molecule has 7 heteroatoms. The second kappa shape index (κ2) is 15.4. The van der Waals surface area contributed by atoms with E-state index in [9.17, 15) is 9.90 Å². The van der Waals surface area contributed by atoms with Gasteiger partial charge in [0.2, 0.25) is 0 Å². The van der Waals surface area contributed by atoms with Crippen LogP contribution in [0.2, 0.25) is 0 Å². The molecular weight excluding hydrogens is 801 g/mol. The molecule has 0 unspecified atom stereocenters. The van der Waals surface area contributed by atoms with Gasteiger partial charge in [-0.15, -0.1) is 29.1 Å². The predicted molar refractivity (Wildman–Crippen MR) is 201 cm³/mol. The molecule has 0 spiro atoms. The fourth-order valence-corrected chi connectivity index (χ4v) is 5.96. The van der Waals surface area contributed by atoms with Crippen molar-refractivity contribution in [1.29, 1.82) is 0 Å². The van der Waals surface area contributed by atoms with E-state index in [4.69, 9.17) is 13.8 Å². The zero-order valence-corrected chi connectivity index (χ0v) is 33.1. The first kappa shape index (κ1) is 38.7. The Balaban J connectivity index is 0.000000269. The molecule has 6 aromatic rings. The van der Waals surface area contributed by atoms with E-state index in [0.717, 1.165) is 70.1 Å². The van der Waals surface area contributed by atoms with Crippen LogP contribution in [0.5, 0.6) is 0 Å². The number of allylic oxidation sites excluding steroid dienone is 2. The number of hydrogen-bond donors (Lipinski definition) is 1. The number of furan rings is 2. The first-order valence-electron chi connectivity index (χ1n) is 17.4. The number of nitrogens with zero attached hydrogens (tertiary/aromatic N) is 2. The van der Waals surface area contributed by atoms with Crippen LogP contribution in [-0.4, -0.2) is 20.9 Å². The van der Waals surface area contributed by atoms with Crippen molar-refractivity contribution >= 4 is 38.6 Å². The van der Waals surface area contributed by atoms with Crippen LogP contribution < -0.4 is 0 Å². The molecule has 0 amide bonds. The van der Waals surface area contributed by atoms with Gasteiger partial charge in [0.25, 0.3) is 0 Å². The topological polar surface area (TPSA) is 89.4 Å². The number of carbonyl (C=O) groups excluding carboxylic acids is 1. The normalized spacial score (nSPS) is 12.5. The Labute approximate surface area is 309 Å². The van der Waals surface area contributed by atoms with Crippen molar-refractivity contribution in [2.45, 2.75) is 93.4 Å². The van der Waals surface area contributed by atoms with Crippen molar-refractivity contribution in [2.24, 2.45) is 10.8 Å². The first-order valence-corrected chi connectivity index (χ1v) is 17.4. The molecule has 6 nitrogen and oxygen atoms in total. The standard InChI is InChI=1S/C28H21N2O2.C15H28O2.Ir/c1-28(2,3)21-15-18(14-17-6-4-5-7-19(17)21)27-20-16-26(32-24(20)10-12-29-27)22-8-9-25-23(30-22)11-13-31-25;1-7-14(5,8-2)12(16)11-13(17)15(6,9-3)10-4;/h4-13,15-16H,1-3H3;11,16H,7-10H2,1-6H3;/q-1;;/b;12-11-;. The average Bonchev–Trinajstić information content (AvgIpc) is 3.77. The number of benzene rings is 2. The van der Waals surface area contributed by atoms with Crippen LogP contribution in [0.25, 0.3) is 55.6 Å². The molecule has 4 aromatic heterocycles. The molecule has 0 aliphatic carbocycles. The SMILES string of the molecule is CC(C)(C)c1cc(-c2nccc3oc(-c4ccc5occc5n4)cc23)[c-]c2ccccc12.CCC(C)(CC)C(=O)/C=C(\O)C(C)(CC)CC.[Ir]. The largest absolute Gasteiger partial charge is 0.512 e. The van der Waals surface area contributed by atoms with Crippen molar-refractivity contribution in [3.05, 3.63) is 96.6 Å². The molecular formula is C43H49IrN2O4-. The molecule has 2 aromatic carbocycles. The molecule has 1 N–H and O–H groups in total. The van der Waals surface area contributed by atoms with Crippen molar-refractivity contribution in [3.8, 4) is 22.7 Å². The first-order chi connectivity index (χ1) is 23.3. The number of hydrogen-bond acceptors (Lipinski definition) is 6. The van der Waals surface area contributed by atoms with Gasteiger partial charge in [0, 0.05) is 60.4 Å². The van der Waals surface area contributed by atoms with Crippen molar-refractivity contribution in [3.63, 3.8) is 0 Å². The van der Waals surface area contributed by atoms with Gasteiger partial charge in [0.05, 0.1) is 6.26 Å². The summed E-state index contributed by atoms with van der Waals surface area (Å²) in [6.07, 6.45) is 8.19. The minimum atomic E-state index is -0.337. The molecule has 0 saturated carbocycles. The van der Waals surface area contributed by atoms with E-state index in [1.54, 1.807) is 12.5 Å². The van der Waals surface area contributed by atoms with Gasteiger partial charge in [-0.25, -0.2) is 4.98 Å². The van der Waals surface area contributed by atoms with Crippen LogP contribution in [0.4, 0.5) is 0 Å². The van der Waals surface area contributed by atoms with Crippen LogP contribution in [0.15, 0.2) is 93.8 Å². The van der Waals surface area contributed by atoms with Crippen LogP contribution in [0, 0.1) is 16.9 Å². The van der Waals surface area contributed by atoms with Gasteiger partial charge in [0.1, 0.15) is 22.6 Å². The van der Waals surface area contributed by atoms with Crippen LogP contribution in [0.3, 0.4) is 0 Å². The molecule has 0 atom stereocenters. The summed E-state index contributed by atoms with van der Waals surface area (Å²) in [5, 5.41) is 13.4. The second-order valence-electron chi connectivity index (χ2n) is 14.5. The van der Waals surface area contributed by atoms with Crippen LogP contribution >= 0.6 is 0 Å². The van der Waals surface area contributed by atoms with Crippen LogP contribution in [0.1, 0.15) is 93.6 Å². The number of aliphatic hydroxyl groups is 1. The molecule has 6 rings (SSSR count). The third-order valence-electron chi connectivity index (χ3n) is 10.4. The predicted octanol–water partition coefficient (Wildman–Crippen LogP) is 12.2. The number of rotatable bonds is 9. The fourth-order valence-electron chi connectivity index (χ4n) is 5.96. The summed E-state index contributed by atoms with van der Waals surface area (Å²) >= 11 is 0. The molecule has 1 radical (unpaired) electrons. The summed E-state index contributed by atoms with van der Waals surface area (Å²) in [6.45, 7) is 18.8. The Bertz CT molecular complexity index is 2120. The minimum absolute atomic E-state index is 0. The monoisotopic (exact) mass is 850 g/mol. The van der Waals surface area contributed by atoms with E-state index < -0.39 is 0 Å². The number of fused-ring (bicyclic) bond motifs is 3.